The Kier molecular flexibility index (Phi) is 10.4. The highest BCUT2D eigenvalue weighted by molar-refractivity contribution is 5.89. The van der Waals surface area contributed by atoms with Crippen molar-refractivity contribution < 1.29 is 38.5 Å². The van der Waals surface area contributed by atoms with Gasteiger partial charge in [0.25, 0.3) is 0 Å². The predicted octanol–water partition coefficient (Wildman–Crippen LogP) is 4.19. The molecular formula is C28H35NO8. The van der Waals surface area contributed by atoms with Crippen molar-refractivity contribution in [2.45, 2.75) is 59.6 Å². The lowest BCUT2D eigenvalue weighted by molar-refractivity contribution is -0.140. The van der Waals surface area contributed by atoms with Crippen molar-refractivity contribution in [3.05, 3.63) is 59.7 Å². The van der Waals surface area contributed by atoms with Gasteiger partial charge in [-0.05, 0) is 36.8 Å². The summed E-state index contributed by atoms with van der Waals surface area (Å²) in [5, 5.41) is 9.74. The normalized spacial score (nSPS) is 14.4. The summed E-state index contributed by atoms with van der Waals surface area (Å²) in [6, 6.07) is 11.5. The molecule has 0 aliphatic carbocycles. The van der Waals surface area contributed by atoms with Gasteiger partial charge in [-0.2, -0.15) is 0 Å². The third-order valence-corrected chi connectivity index (χ3v) is 6.00. The minimum Gasteiger partial charge on any atom is -0.480 e. The van der Waals surface area contributed by atoms with Crippen LogP contribution in [0.1, 0.15) is 63.4 Å². The third kappa shape index (κ3) is 7.88. The number of hydrogen-bond acceptors (Lipinski definition) is 8. The van der Waals surface area contributed by atoms with Gasteiger partial charge in [0.15, 0.2) is 11.5 Å². The van der Waals surface area contributed by atoms with E-state index in [9.17, 15) is 24.3 Å². The number of esters is 3. The van der Waals surface area contributed by atoms with E-state index in [0.29, 0.717) is 11.1 Å². The van der Waals surface area contributed by atoms with E-state index in [2.05, 4.69) is 0 Å². The lowest BCUT2D eigenvalue weighted by atomic mass is 9.79. The average molecular weight is 514 g/mol. The molecule has 0 bridgehead atoms. The van der Waals surface area contributed by atoms with Crippen molar-refractivity contribution >= 4 is 23.9 Å². The van der Waals surface area contributed by atoms with Crippen LogP contribution in [0.25, 0.3) is 0 Å². The molecule has 2 rings (SSSR count). The highest BCUT2D eigenvalue weighted by Crippen LogP contribution is 2.37. The van der Waals surface area contributed by atoms with Crippen LogP contribution >= 0.6 is 0 Å². The molecule has 9 nitrogen and oxygen atoms in total. The molecule has 0 heterocycles. The van der Waals surface area contributed by atoms with E-state index in [1.54, 1.807) is 77.9 Å². The van der Waals surface area contributed by atoms with Gasteiger partial charge in [0.2, 0.25) is 0 Å². The molecule has 3 unspecified atom stereocenters. The summed E-state index contributed by atoms with van der Waals surface area (Å²) in [6.45, 7) is 10.0. The molecule has 37 heavy (non-hydrogen) atoms. The van der Waals surface area contributed by atoms with Crippen molar-refractivity contribution in [1.29, 1.82) is 0 Å². The van der Waals surface area contributed by atoms with Crippen LogP contribution in [0.3, 0.4) is 0 Å². The number of benzene rings is 2. The quantitative estimate of drug-likeness (QED) is 0.334. The topological polar surface area (TPSA) is 142 Å². The fourth-order valence-electron chi connectivity index (χ4n) is 3.55. The molecule has 3 N–H and O–H groups in total. The largest absolute Gasteiger partial charge is 0.480 e. The van der Waals surface area contributed by atoms with Crippen LogP contribution in [0.4, 0.5) is 0 Å². The Bertz CT molecular complexity index is 1110. The maximum Gasteiger partial charge on any atom is 0.338 e. The Morgan fingerprint density at radius 3 is 1.84 bits per heavy atom. The summed E-state index contributed by atoms with van der Waals surface area (Å²) in [5.41, 5.74) is 6.88. The number of nitrogens with two attached hydrogens (primary N) is 1. The van der Waals surface area contributed by atoms with E-state index >= 15 is 0 Å². The van der Waals surface area contributed by atoms with Gasteiger partial charge in [-0.1, -0.05) is 58.9 Å². The van der Waals surface area contributed by atoms with Crippen LogP contribution in [0.15, 0.2) is 48.5 Å². The summed E-state index contributed by atoms with van der Waals surface area (Å²) < 4.78 is 16.5. The van der Waals surface area contributed by atoms with Gasteiger partial charge in [0, 0.05) is 11.8 Å². The second-order valence-corrected chi connectivity index (χ2v) is 9.58. The van der Waals surface area contributed by atoms with Gasteiger partial charge in [-0.25, -0.2) is 4.79 Å². The van der Waals surface area contributed by atoms with Crippen molar-refractivity contribution in [3.63, 3.8) is 0 Å². The molecule has 0 fully saturated rings. The minimum absolute atomic E-state index is 0.0234. The standard InChI is InChI=1S/C28H35NO8/c1-15(2)26(32)36-21-13-12-20(14-22(21)37-27(33)16(3)4)23(24(29)25(30)31)17(5)18(6)35-28(34)19-10-8-7-9-11-19/h7-18,23-24H,29H2,1-6H3,(H,30,31)/t17?,18?,23?,24-/m0/s1. The molecule has 9 heteroatoms. The summed E-state index contributed by atoms with van der Waals surface area (Å²) in [7, 11) is 0. The molecule has 0 saturated carbocycles. The Hall–Kier alpha value is -3.72. The maximum absolute atomic E-state index is 12.6. The van der Waals surface area contributed by atoms with Crippen LogP contribution in [-0.4, -0.2) is 41.1 Å². The zero-order chi connectivity index (χ0) is 27.9. The molecule has 0 saturated heterocycles. The zero-order valence-electron chi connectivity index (χ0n) is 22.0. The highest BCUT2D eigenvalue weighted by atomic mass is 16.6. The van der Waals surface area contributed by atoms with Crippen LogP contribution in [0.2, 0.25) is 0 Å². The summed E-state index contributed by atoms with van der Waals surface area (Å²) in [5.74, 6) is -5.20. The van der Waals surface area contributed by atoms with Crippen molar-refractivity contribution in [2.24, 2.45) is 23.5 Å². The van der Waals surface area contributed by atoms with E-state index in [1.807, 2.05) is 0 Å². The number of hydrogen-bond donors (Lipinski definition) is 2. The Morgan fingerprint density at radius 2 is 1.32 bits per heavy atom. The fraction of sp³-hybridized carbons (Fsp3) is 0.429. The van der Waals surface area contributed by atoms with Crippen molar-refractivity contribution in [3.8, 4) is 11.5 Å². The first-order valence-corrected chi connectivity index (χ1v) is 12.1. The van der Waals surface area contributed by atoms with Gasteiger partial charge >= 0.3 is 23.9 Å². The zero-order valence-corrected chi connectivity index (χ0v) is 22.0. The minimum atomic E-state index is -1.37. The van der Waals surface area contributed by atoms with Gasteiger partial charge in [-0.15, -0.1) is 0 Å². The second-order valence-electron chi connectivity index (χ2n) is 9.58. The molecule has 0 aliphatic heterocycles. The summed E-state index contributed by atoms with van der Waals surface area (Å²) >= 11 is 0. The van der Waals surface area contributed by atoms with E-state index in [-0.39, 0.29) is 11.5 Å². The number of carbonyl (C=O) groups is 4. The first-order chi connectivity index (χ1) is 17.3. The predicted molar refractivity (Wildman–Crippen MR) is 136 cm³/mol. The van der Waals surface area contributed by atoms with Crippen LogP contribution in [0, 0.1) is 17.8 Å². The van der Waals surface area contributed by atoms with E-state index < -0.39 is 59.7 Å². The monoisotopic (exact) mass is 513 g/mol. The van der Waals surface area contributed by atoms with Crippen molar-refractivity contribution in [1.82, 2.24) is 0 Å². The number of aliphatic carboxylic acids is 1. The molecule has 200 valence electrons. The van der Waals surface area contributed by atoms with Gasteiger partial charge in [0.05, 0.1) is 17.4 Å². The highest BCUT2D eigenvalue weighted by Gasteiger charge is 2.36. The molecule has 0 aliphatic rings. The maximum atomic E-state index is 12.6. The molecule has 0 amide bonds. The molecule has 0 spiro atoms. The first kappa shape index (κ1) is 29.5. The number of carboxylic acids is 1. The first-order valence-electron chi connectivity index (χ1n) is 12.1. The Morgan fingerprint density at radius 1 is 0.784 bits per heavy atom. The van der Waals surface area contributed by atoms with Gasteiger partial charge < -0.3 is 25.1 Å². The lowest BCUT2D eigenvalue weighted by Gasteiger charge is -2.32. The Balaban J connectivity index is 2.46. The fourth-order valence-corrected chi connectivity index (χ4v) is 3.55. The molecule has 2 aromatic rings. The summed E-state index contributed by atoms with van der Waals surface area (Å²) in [4.78, 5) is 49.1. The number of ether oxygens (including phenoxy) is 3. The van der Waals surface area contributed by atoms with Crippen LogP contribution in [0.5, 0.6) is 11.5 Å². The van der Waals surface area contributed by atoms with E-state index in [4.69, 9.17) is 19.9 Å². The lowest BCUT2D eigenvalue weighted by Crippen LogP contribution is -2.42. The summed E-state index contributed by atoms with van der Waals surface area (Å²) in [6.07, 6.45) is -0.719. The number of rotatable bonds is 11. The van der Waals surface area contributed by atoms with Crippen LogP contribution < -0.4 is 15.2 Å². The van der Waals surface area contributed by atoms with Gasteiger partial charge in [-0.3, -0.25) is 14.4 Å². The smallest absolute Gasteiger partial charge is 0.338 e. The molecule has 2 aromatic carbocycles. The number of carbonyl (C=O) groups excluding carboxylic acids is 3. The number of carboxylic acid groups (broad SMARTS) is 1. The molecular weight excluding hydrogens is 478 g/mol. The molecule has 4 atom stereocenters. The Labute approximate surface area is 216 Å². The average Bonchev–Trinajstić information content (AvgIpc) is 2.85. The van der Waals surface area contributed by atoms with Gasteiger partial charge in [0.1, 0.15) is 12.1 Å². The van der Waals surface area contributed by atoms with E-state index in [0.717, 1.165) is 0 Å². The molecule has 0 radical (unpaired) electrons. The second kappa shape index (κ2) is 13.0. The van der Waals surface area contributed by atoms with Crippen molar-refractivity contribution in [2.75, 3.05) is 0 Å². The molecule has 0 aromatic heterocycles. The van der Waals surface area contributed by atoms with E-state index in [1.165, 1.54) is 12.1 Å². The van der Waals surface area contributed by atoms with Crippen LogP contribution in [-0.2, 0) is 19.1 Å². The third-order valence-electron chi connectivity index (χ3n) is 6.00. The SMILES string of the molecule is CC(C)C(=O)Oc1ccc(C(C(C)C(C)OC(=O)c2ccccc2)[C@H](N)C(=O)O)cc1OC(=O)C(C)C.